The van der Waals surface area contributed by atoms with E-state index >= 15 is 0 Å². The van der Waals surface area contributed by atoms with Gasteiger partial charge in [0.1, 0.15) is 0 Å². The molecule has 0 bridgehead atoms. The van der Waals surface area contributed by atoms with Crippen molar-refractivity contribution >= 4 is 39.6 Å². The number of hydrogen-bond donors (Lipinski definition) is 1. The van der Waals surface area contributed by atoms with Crippen molar-refractivity contribution < 1.29 is 4.79 Å². The van der Waals surface area contributed by atoms with E-state index in [1.54, 1.807) is 0 Å². The van der Waals surface area contributed by atoms with Crippen LogP contribution in [0, 0.1) is 0 Å². The molecule has 2 nitrogen and oxygen atoms in total. The average Bonchev–Trinajstić information content (AvgIpc) is 2.98. The third-order valence-corrected chi connectivity index (χ3v) is 5.19. The third-order valence-electron chi connectivity index (χ3n) is 3.89. The molecule has 1 aromatic heterocycles. The van der Waals surface area contributed by atoms with E-state index in [1.807, 2.05) is 37.3 Å². The number of rotatable bonds is 5. The van der Waals surface area contributed by atoms with E-state index in [0.29, 0.717) is 6.42 Å². The summed E-state index contributed by atoms with van der Waals surface area (Å²) in [5.74, 6) is 0.0648. The smallest absolute Gasteiger partial charge is 0.220 e. The number of amides is 1. The van der Waals surface area contributed by atoms with Gasteiger partial charge in [-0.25, -0.2) is 0 Å². The average molecular weight is 344 g/mol. The van der Waals surface area contributed by atoms with Crippen LogP contribution < -0.4 is 5.32 Å². The fraction of sp³-hybridized carbons (Fsp3) is 0.211. The van der Waals surface area contributed by atoms with Crippen LogP contribution in [0.5, 0.6) is 0 Å². The molecule has 0 fully saturated rings. The Morgan fingerprint density at radius 1 is 1.13 bits per heavy atom. The molecule has 4 heteroatoms. The number of thiophene rings is 1. The molecule has 1 N–H and O–H groups in total. The third kappa shape index (κ3) is 3.92. The molecule has 0 spiro atoms. The van der Waals surface area contributed by atoms with Crippen LogP contribution in [0.1, 0.15) is 29.8 Å². The lowest BCUT2D eigenvalue weighted by atomic mass is 9.99. The van der Waals surface area contributed by atoms with Crippen LogP contribution in [0.15, 0.2) is 54.6 Å². The number of hydrogen-bond acceptors (Lipinski definition) is 2. The first-order valence-electron chi connectivity index (χ1n) is 7.65. The van der Waals surface area contributed by atoms with Crippen molar-refractivity contribution in [1.29, 1.82) is 0 Å². The maximum Gasteiger partial charge on any atom is 0.220 e. The topological polar surface area (TPSA) is 29.1 Å². The Morgan fingerprint density at radius 2 is 1.91 bits per heavy atom. The van der Waals surface area contributed by atoms with E-state index in [0.717, 1.165) is 21.2 Å². The van der Waals surface area contributed by atoms with Gasteiger partial charge in [0.15, 0.2) is 0 Å². The van der Waals surface area contributed by atoms with Crippen molar-refractivity contribution in [2.75, 3.05) is 0 Å². The lowest BCUT2D eigenvalue weighted by molar-refractivity contribution is -0.121. The highest BCUT2D eigenvalue weighted by molar-refractivity contribution is 7.16. The maximum absolute atomic E-state index is 12.2. The second-order valence-electron chi connectivity index (χ2n) is 5.56. The molecule has 3 aromatic rings. The van der Waals surface area contributed by atoms with Gasteiger partial charge < -0.3 is 5.32 Å². The zero-order valence-electron chi connectivity index (χ0n) is 12.9. The highest BCUT2D eigenvalue weighted by atomic mass is 35.5. The Bertz CT molecular complexity index is 822. The Morgan fingerprint density at radius 3 is 2.70 bits per heavy atom. The van der Waals surface area contributed by atoms with E-state index in [4.69, 9.17) is 11.6 Å². The zero-order valence-corrected chi connectivity index (χ0v) is 14.5. The van der Waals surface area contributed by atoms with Crippen LogP contribution in [0.2, 0.25) is 4.34 Å². The molecule has 0 aliphatic heterocycles. The summed E-state index contributed by atoms with van der Waals surface area (Å²) in [6, 6.07) is 18.3. The number of nitrogens with one attached hydrogen (secondary N) is 1. The molecule has 118 valence electrons. The van der Waals surface area contributed by atoms with Crippen LogP contribution in [0.25, 0.3) is 10.8 Å². The van der Waals surface area contributed by atoms with Gasteiger partial charge in [-0.3, -0.25) is 4.79 Å². The van der Waals surface area contributed by atoms with Gasteiger partial charge in [-0.15, -0.1) is 11.3 Å². The largest absolute Gasteiger partial charge is 0.350 e. The van der Waals surface area contributed by atoms with Gasteiger partial charge in [-0.05, 0) is 41.8 Å². The van der Waals surface area contributed by atoms with Gasteiger partial charge in [-0.1, -0.05) is 54.1 Å². The molecule has 23 heavy (non-hydrogen) atoms. The van der Waals surface area contributed by atoms with E-state index in [-0.39, 0.29) is 11.9 Å². The van der Waals surface area contributed by atoms with E-state index in [1.165, 1.54) is 22.1 Å². The summed E-state index contributed by atoms with van der Waals surface area (Å²) in [6.07, 6.45) is 1.21. The molecule has 0 aliphatic rings. The van der Waals surface area contributed by atoms with Crippen LogP contribution in [-0.2, 0) is 11.2 Å². The van der Waals surface area contributed by atoms with Crippen molar-refractivity contribution in [3.63, 3.8) is 0 Å². The van der Waals surface area contributed by atoms with Gasteiger partial charge in [-0.2, -0.15) is 0 Å². The Hall–Kier alpha value is -1.84. The van der Waals surface area contributed by atoms with Crippen molar-refractivity contribution in [3.05, 3.63) is 69.4 Å². The van der Waals surface area contributed by atoms with Crippen LogP contribution in [0.3, 0.4) is 0 Å². The summed E-state index contributed by atoms with van der Waals surface area (Å²) in [5.41, 5.74) is 1.15. The summed E-state index contributed by atoms with van der Waals surface area (Å²) in [6.45, 7) is 2.03. The Labute approximate surface area is 145 Å². The summed E-state index contributed by atoms with van der Waals surface area (Å²) in [7, 11) is 0. The number of halogens is 1. The normalized spacial score (nSPS) is 12.3. The molecule has 1 unspecified atom stereocenters. The minimum atomic E-state index is -0.0134. The molecule has 1 atom stereocenters. The van der Waals surface area contributed by atoms with E-state index in [9.17, 15) is 4.79 Å². The van der Waals surface area contributed by atoms with Crippen molar-refractivity contribution in [3.8, 4) is 0 Å². The van der Waals surface area contributed by atoms with Crippen LogP contribution in [-0.4, -0.2) is 5.91 Å². The fourth-order valence-electron chi connectivity index (χ4n) is 2.74. The zero-order chi connectivity index (χ0) is 16.2. The number of carbonyl (C=O) groups excluding carboxylic acids is 1. The highest BCUT2D eigenvalue weighted by Crippen LogP contribution is 2.25. The minimum absolute atomic E-state index is 0.0134. The van der Waals surface area contributed by atoms with Gasteiger partial charge in [0, 0.05) is 11.3 Å². The summed E-state index contributed by atoms with van der Waals surface area (Å²) in [4.78, 5) is 13.3. The van der Waals surface area contributed by atoms with Gasteiger partial charge >= 0.3 is 0 Å². The SMILES string of the molecule is CC(NC(=O)CCc1ccc(Cl)s1)c1cccc2ccccc12. The Kier molecular flexibility index (Phi) is 4.99. The molecule has 2 aromatic carbocycles. The number of benzene rings is 2. The summed E-state index contributed by atoms with van der Waals surface area (Å²) in [5, 5.41) is 5.48. The molecule has 1 heterocycles. The Balaban J connectivity index is 1.65. The predicted molar refractivity (Wildman–Crippen MR) is 98.2 cm³/mol. The van der Waals surface area contributed by atoms with Crippen molar-refractivity contribution in [1.82, 2.24) is 5.32 Å². The number of fused-ring (bicyclic) bond motifs is 1. The molecule has 0 radical (unpaired) electrons. The first-order chi connectivity index (χ1) is 11.1. The first kappa shape index (κ1) is 16.0. The lowest BCUT2D eigenvalue weighted by Gasteiger charge is -2.16. The van der Waals surface area contributed by atoms with Gasteiger partial charge in [0.25, 0.3) is 0 Å². The summed E-state index contributed by atoms with van der Waals surface area (Å²) < 4.78 is 0.768. The van der Waals surface area contributed by atoms with Gasteiger partial charge in [0.2, 0.25) is 5.91 Å². The van der Waals surface area contributed by atoms with Crippen molar-refractivity contribution in [2.24, 2.45) is 0 Å². The standard InChI is InChI=1S/C19H18ClNOS/c1-13(16-8-4-6-14-5-2-3-7-17(14)16)21-19(22)12-10-15-9-11-18(20)23-15/h2-9,11,13H,10,12H2,1H3,(H,21,22). The quantitative estimate of drug-likeness (QED) is 0.663. The fourth-order valence-corrected chi connectivity index (χ4v) is 3.83. The number of aryl methyl sites for hydroxylation is 1. The van der Waals surface area contributed by atoms with Crippen molar-refractivity contribution in [2.45, 2.75) is 25.8 Å². The summed E-state index contributed by atoms with van der Waals surface area (Å²) >= 11 is 7.45. The minimum Gasteiger partial charge on any atom is -0.350 e. The molecule has 1 amide bonds. The second-order valence-corrected chi connectivity index (χ2v) is 7.36. The molecule has 0 aliphatic carbocycles. The monoisotopic (exact) mass is 343 g/mol. The first-order valence-corrected chi connectivity index (χ1v) is 8.84. The predicted octanol–water partition coefficient (Wildman–Crippen LogP) is 5.36. The van der Waals surface area contributed by atoms with E-state index < -0.39 is 0 Å². The second kappa shape index (κ2) is 7.16. The van der Waals surface area contributed by atoms with Gasteiger partial charge in [0.05, 0.1) is 10.4 Å². The molecular weight excluding hydrogens is 326 g/mol. The maximum atomic E-state index is 12.2. The van der Waals surface area contributed by atoms with Crippen LogP contribution in [0.4, 0.5) is 0 Å². The highest BCUT2D eigenvalue weighted by Gasteiger charge is 2.12. The van der Waals surface area contributed by atoms with Crippen LogP contribution >= 0.6 is 22.9 Å². The molecule has 3 rings (SSSR count). The lowest BCUT2D eigenvalue weighted by Crippen LogP contribution is -2.26. The van der Waals surface area contributed by atoms with E-state index in [2.05, 4.69) is 29.6 Å². The molecule has 0 saturated carbocycles. The number of carbonyl (C=O) groups is 1. The molecule has 0 saturated heterocycles. The molecular formula is C19H18ClNOS.